The van der Waals surface area contributed by atoms with Crippen molar-refractivity contribution >= 4 is 43.8 Å². The molecule has 2 heterocycles. The van der Waals surface area contributed by atoms with Gasteiger partial charge < -0.3 is 14.7 Å². The standard InChI is InChI=1S/C15H12BrN3O3/c1-6-9(16)5-4-8-11(6)19(7-2-3-7)15(21)10-12(8)22-14(18-10)13(17)20/h4-5,7H,2-3H2,1H3,(H2,17,20). The topological polar surface area (TPSA) is 91.1 Å². The van der Waals surface area contributed by atoms with Crippen LogP contribution < -0.4 is 11.3 Å². The highest BCUT2D eigenvalue weighted by atomic mass is 79.9. The summed E-state index contributed by atoms with van der Waals surface area (Å²) < 4.78 is 8.15. The number of oxazole rings is 1. The van der Waals surface area contributed by atoms with Crippen LogP contribution >= 0.6 is 15.9 Å². The second-order valence-corrected chi connectivity index (χ2v) is 6.39. The number of rotatable bonds is 2. The van der Waals surface area contributed by atoms with Gasteiger partial charge in [0, 0.05) is 15.9 Å². The molecule has 0 radical (unpaired) electrons. The van der Waals surface area contributed by atoms with Crippen LogP contribution in [0.15, 0.2) is 25.8 Å². The molecule has 2 aromatic heterocycles. The van der Waals surface area contributed by atoms with Crippen LogP contribution in [-0.4, -0.2) is 15.5 Å². The molecule has 7 heteroatoms. The Morgan fingerprint density at radius 3 is 2.82 bits per heavy atom. The molecule has 1 amide bonds. The first-order valence-corrected chi connectivity index (χ1v) is 7.72. The normalized spacial score (nSPS) is 14.8. The summed E-state index contributed by atoms with van der Waals surface area (Å²) in [6, 6.07) is 3.94. The van der Waals surface area contributed by atoms with Crippen molar-refractivity contribution < 1.29 is 9.21 Å². The highest BCUT2D eigenvalue weighted by molar-refractivity contribution is 9.10. The predicted octanol–water partition coefficient (Wildman–Crippen LogP) is 2.65. The first-order chi connectivity index (χ1) is 10.5. The van der Waals surface area contributed by atoms with Gasteiger partial charge in [0.05, 0.1) is 5.52 Å². The second kappa shape index (κ2) is 4.42. The quantitative estimate of drug-likeness (QED) is 0.759. The Balaban J connectivity index is 2.27. The second-order valence-electron chi connectivity index (χ2n) is 5.54. The number of primary amides is 1. The van der Waals surface area contributed by atoms with Crippen LogP contribution in [0.1, 0.15) is 35.1 Å². The summed E-state index contributed by atoms with van der Waals surface area (Å²) in [5.74, 6) is -1.02. The molecular weight excluding hydrogens is 350 g/mol. The number of halogens is 1. The predicted molar refractivity (Wildman–Crippen MR) is 85.0 cm³/mol. The van der Waals surface area contributed by atoms with Gasteiger partial charge in [-0.3, -0.25) is 9.59 Å². The van der Waals surface area contributed by atoms with E-state index in [0.717, 1.165) is 33.8 Å². The van der Waals surface area contributed by atoms with Crippen LogP contribution in [0.5, 0.6) is 0 Å². The van der Waals surface area contributed by atoms with E-state index in [1.165, 1.54) is 0 Å². The summed E-state index contributed by atoms with van der Waals surface area (Å²) in [6.07, 6.45) is 1.93. The van der Waals surface area contributed by atoms with Crippen LogP contribution in [0.25, 0.3) is 22.0 Å². The summed E-state index contributed by atoms with van der Waals surface area (Å²) in [5.41, 5.74) is 7.25. The van der Waals surface area contributed by atoms with Crippen LogP contribution in [0, 0.1) is 6.92 Å². The molecule has 0 bridgehead atoms. The molecule has 3 aromatic rings. The number of carbonyl (C=O) groups excluding carboxylic acids is 1. The molecule has 6 nitrogen and oxygen atoms in total. The van der Waals surface area contributed by atoms with Crippen molar-refractivity contribution in [2.75, 3.05) is 0 Å². The van der Waals surface area contributed by atoms with E-state index in [-0.39, 0.29) is 23.0 Å². The minimum absolute atomic E-state index is 0.162. The van der Waals surface area contributed by atoms with Gasteiger partial charge in [0.1, 0.15) is 0 Å². The van der Waals surface area contributed by atoms with Gasteiger partial charge in [0.25, 0.3) is 11.4 Å². The van der Waals surface area contributed by atoms with E-state index in [4.69, 9.17) is 10.2 Å². The highest BCUT2D eigenvalue weighted by Gasteiger charge is 2.30. The number of fused-ring (bicyclic) bond motifs is 3. The molecule has 1 aromatic carbocycles. The Morgan fingerprint density at radius 2 is 2.18 bits per heavy atom. The smallest absolute Gasteiger partial charge is 0.304 e. The summed E-state index contributed by atoms with van der Waals surface area (Å²) in [7, 11) is 0. The molecule has 0 unspecified atom stereocenters. The summed E-state index contributed by atoms with van der Waals surface area (Å²) >= 11 is 3.50. The number of nitrogens with two attached hydrogens (primary N) is 1. The zero-order valence-electron chi connectivity index (χ0n) is 11.7. The largest absolute Gasteiger partial charge is 0.431 e. The molecule has 1 aliphatic carbocycles. The Kier molecular flexibility index (Phi) is 2.72. The highest BCUT2D eigenvalue weighted by Crippen LogP contribution is 2.39. The molecule has 4 rings (SSSR count). The molecule has 0 atom stereocenters. The summed E-state index contributed by atoms with van der Waals surface area (Å²) in [6.45, 7) is 1.95. The van der Waals surface area contributed by atoms with Gasteiger partial charge in [0.2, 0.25) is 0 Å². The third-order valence-electron chi connectivity index (χ3n) is 4.02. The lowest BCUT2D eigenvalue weighted by atomic mass is 10.1. The van der Waals surface area contributed by atoms with E-state index in [1.54, 1.807) is 4.57 Å². The number of carbonyl (C=O) groups is 1. The van der Waals surface area contributed by atoms with E-state index in [0.29, 0.717) is 5.58 Å². The van der Waals surface area contributed by atoms with Gasteiger partial charge in [-0.2, -0.15) is 4.98 Å². The molecule has 1 aliphatic rings. The van der Waals surface area contributed by atoms with Crippen molar-refractivity contribution in [2.45, 2.75) is 25.8 Å². The number of amides is 1. The van der Waals surface area contributed by atoms with E-state index < -0.39 is 5.91 Å². The molecule has 0 aliphatic heterocycles. The van der Waals surface area contributed by atoms with Crippen LogP contribution in [0.4, 0.5) is 0 Å². The number of hydrogen-bond donors (Lipinski definition) is 1. The van der Waals surface area contributed by atoms with Crippen molar-refractivity contribution in [3.63, 3.8) is 0 Å². The molecule has 0 spiro atoms. The third-order valence-corrected chi connectivity index (χ3v) is 4.88. The summed E-state index contributed by atoms with van der Waals surface area (Å²) in [5, 5.41) is 0.766. The summed E-state index contributed by atoms with van der Waals surface area (Å²) in [4.78, 5) is 28.1. The van der Waals surface area contributed by atoms with Gasteiger partial charge in [-0.15, -0.1) is 0 Å². The molecule has 1 saturated carbocycles. The minimum Gasteiger partial charge on any atom is -0.431 e. The molecule has 112 valence electrons. The Morgan fingerprint density at radius 1 is 1.45 bits per heavy atom. The Hall–Kier alpha value is -2.15. The Labute approximate surface area is 133 Å². The van der Waals surface area contributed by atoms with E-state index >= 15 is 0 Å². The molecule has 22 heavy (non-hydrogen) atoms. The molecule has 2 N–H and O–H groups in total. The van der Waals surface area contributed by atoms with Crippen molar-refractivity contribution in [3.05, 3.63) is 38.4 Å². The first-order valence-electron chi connectivity index (χ1n) is 6.92. The van der Waals surface area contributed by atoms with E-state index in [2.05, 4.69) is 20.9 Å². The number of aryl methyl sites for hydroxylation is 1. The maximum atomic E-state index is 12.8. The lowest BCUT2D eigenvalue weighted by Gasteiger charge is -2.12. The average Bonchev–Trinajstić information content (AvgIpc) is 3.20. The zero-order chi connectivity index (χ0) is 15.6. The van der Waals surface area contributed by atoms with Crippen LogP contribution in [0.2, 0.25) is 0 Å². The van der Waals surface area contributed by atoms with Gasteiger partial charge in [-0.1, -0.05) is 15.9 Å². The SMILES string of the molecule is Cc1c(Br)ccc2c3oc(C(N)=O)nc3c(=O)n(C3CC3)c12. The number of nitrogens with zero attached hydrogens (tertiary/aromatic N) is 2. The zero-order valence-corrected chi connectivity index (χ0v) is 13.3. The number of pyridine rings is 1. The fourth-order valence-electron chi connectivity index (χ4n) is 2.82. The lowest BCUT2D eigenvalue weighted by molar-refractivity contribution is 0.0969. The van der Waals surface area contributed by atoms with Crippen LogP contribution in [-0.2, 0) is 0 Å². The van der Waals surface area contributed by atoms with Gasteiger partial charge >= 0.3 is 5.91 Å². The van der Waals surface area contributed by atoms with Gasteiger partial charge in [-0.05, 0) is 37.5 Å². The maximum Gasteiger partial charge on any atom is 0.304 e. The molecular formula is C15H12BrN3O3. The number of aromatic nitrogens is 2. The maximum absolute atomic E-state index is 12.8. The van der Waals surface area contributed by atoms with Crippen molar-refractivity contribution in [1.29, 1.82) is 0 Å². The minimum atomic E-state index is -0.782. The number of hydrogen-bond acceptors (Lipinski definition) is 4. The van der Waals surface area contributed by atoms with Crippen LogP contribution in [0.3, 0.4) is 0 Å². The molecule has 1 fully saturated rings. The van der Waals surface area contributed by atoms with E-state index in [9.17, 15) is 9.59 Å². The lowest BCUT2D eigenvalue weighted by Crippen LogP contribution is -2.21. The third kappa shape index (κ3) is 1.75. The fourth-order valence-corrected chi connectivity index (χ4v) is 3.14. The van der Waals surface area contributed by atoms with E-state index in [1.807, 2.05) is 19.1 Å². The first kappa shape index (κ1) is 13.5. The van der Waals surface area contributed by atoms with Gasteiger partial charge in [-0.25, -0.2) is 0 Å². The molecule has 0 saturated heterocycles. The van der Waals surface area contributed by atoms with Crippen molar-refractivity contribution in [1.82, 2.24) is 9.55 Å². The van der Waals surface area contributed by atoms with Crippen molar-refractivity contribution in [2.24, 2.45) is 5.73 Å². The average molecular weight is 362 g/mol. The van der Waals surface area contributed by atoms with Crippen molar-refractivity contribution in [3.8, 4) is 0 Å². The number of benzene rings is 1. The Bertz CT molecular complexity index is 1010. The monoisotopic (exact) mass is 361 g/mol. The van der Waals surface area contributed by atoms with Gasteiger partial charge in [0.15, 0.2) is 11.1 Å². The fraction of sp³-hybridized carbons (Fsp3) is 0.267.